The lowest BCUT2D eigenvalue weighted by Gasteiger charge is -2.26. The monoisotopic (exact) mass is 591 g/mol. The molecule has 0 saturated carbocycles. The number of thiophene rings is 1. The van der Waals surface area contributed by atoms with Crippen molar-refractivity contribution in [3.05, 3.63) is 81.8 Å². The SMILES string of the molecule is CC(C)(C)OC(=O)Nc1cscc1CC(=O)c1ccc(CN(CCN2CCCC2)C(=O)NCCc2ccccc2)cn1. The van der Waals surface area contributed by atoms with Crippen molar-refractivity contribution in [2.45, 2.75) is 58.6 Å². The molecule has 0 spiro atoms. The number of Topliss-reactive ketones (excluding diaryl/α,β-unsaturated/α-hetero) is 1. The Morgan fingerprint density at radius 3 is 2.48 bits per heavy atom. The first-order valence-corrected chi connectivity index (χ1v) is 15.4. The fourth-order valence-electron chi connectivity index (χ4n) is 4.74. The molecule has 1 aromatic carbocycles. The number of hydrogen-bond donors (Lipinski definition) is 2. The number of ether oxygens (including phenoxy) is 1. The van der Waals surface area contributed by atoms with Crippen LogP contribution in [0.3, 0.4) is 0 Å². The van der Waals surface area contributed by atoms with Gasteiger partial charge in [0.1, 0.15) is 11.3 Å². The topological polar surface area (TPSA) is 104 Å². The second-order valence-electron chi connectivity index (χ2n) is 11.5. The molecule has 3 heterocycles. The molecule has 0 aliphatic carbocycles. The number of nitrogens with one attached hydrogen (secondary N) is 2. The molecule has 0 radical (unpaired) electrons. The average molecular weight is 592 g/mol. The number of ketones is 1. The normalized spacial score (nSPS) is 13.5. The number of likely N-dealkylation sites (tertiary alicyclic amines) is 1. The molecule has 0 unspecified atom stereocenters. The van der Waals surface area contributed by atoms with E-state index in [1.54, 1.807) is 38.4 Å². The molecule has 3 aromatic rings. The van der Waals surface area contributed by atoms with Crippen LogP contribution in [0.5, 0.6) is 0 Å². The van der Waals surface area contributed by atoms with E-state index in [1.807, 2.05) is 34.5 Å². The minimum atomic E-state index is -0.617. The largest absolute Gasteiger partial charge is 0.444 e. The van der Waals surface area contributed by atoms with E-state index in [0.717, 1.165) is 31.6 Å². The smallest absolute Gasteiger partial charge is 0.412 e. The van der Waals surface area contributed by atoms with E-state index in [9.17, 15) is 14.4 Å². The summed E-state index contributed by atoms with van der Waals surface area (Å²) in [6.07, 6.45) is 4.38. The fourth-order valence-corrected chi connectivity index (χ4v) is 5.53. The zero-order valence-corrected chi connectivity index (χ0v) is 25.5. The molecule has 10 heteroatoms. The Bertz CT molecular complexity index is 1310. The summed E-state index contributed by atoms with van der Waals surface area (Å²) in [6, 6.07) is 13.6. The van der Waals surface area contributed by atoms with Crippen LogP contribution in [0.15, 0.2) is 59.4 Å². The zero-order valence-electron chi connectivity index (χ0n) is 24.7. The standard InChI is InChI=1S/C32H41N5O4S/c1-32(2,3)41-31(40)35-28-23-42-22-26(28)19-29(38)27-12-11-25(20-34-27)21-37(18-17-36-15-7-8-16-36)30(39)33-14-13-24-9-5-4-6-10-24/h4-6,9-12,20,22-23H,7-8,13-19,21H2,1-3H3,(H,33,39)(H,35,40). The van der Waals surface area contributed by atoms with Crippen molar-refractivity contribution in [3.63, 3.8) is 0 Å². The summed E-state index contributed by atoms with van der Waals surface area (Å²) < 4.78 is 5.33. The highest BCUT2D eigenvalue weighted by atomic mass is 32.1. The highest BCUT2D eigenvalue weighted by Gasteiger charge is 2.20. The van der Waals surface area contributed by atoms with Crippen LogP contribution in [-0.4, -0.2) is 71.0 Å². The van der Waals surface area contributed by atoms with Crippen molar-refractivity contribution in [2.75, 3.05) is 38.0 Å². The van der Waals surface area contributed by atoms with Crippen molar-refractivity contribution in [1.82, 2.24) is 20.1 Å². The molecular weight excluding hydrogens is 550 g/mol. The first-order chi connectivity index (χ1) is 20.2. The number of benzene rings is 1. The number of urea groups is 1. The lowest BCUT2D eigenvalue weighted by molar-refractivity contribution is 0.0635. The predicted molar refractivity (Wildman–Crippen MR) is 166 cm³/mol. The fraction of sp³-hybridized carbons (Fsp3) is 0.438. The van der Waals surface area contributed by atoms with Crippen LogP contribution in [0.4, 0.5) is 15.3 Å². The molecule has 0 atom stereocenters. The van der Waals surface area contributed by atoms with Crippen LogP contribution in [0.2, 0.25) is 0 Å². The Morgan fingerprint density at radius 2 is 1.79 bits per heavy atom. The Kier molecular flexibility index (Phi) is 11.1. The summed E-state index contributed by atoms with van der Waals surface area (Å²) >= 11 is 1.40. The van der Waals surface area contributed by atoms with E-state index in [-0.39, 0.29) is 18.2 Å². The van der Waals surface area contributed by atoms with Gasteiger partial charge >= 0.3 is 12.1 Å². The number of aromatic nitrogens is 1. The molecule has 0 bridgehead atoms. The molecule has 4 rings (SSSR count). The van der Waals surface area contributed by atoms with Gasteiger partial charge in [0.2, 0.25) is 0 Å². The molecule has 9 nitrogen and oxygen atoms in total. The Hall–Kier alpha value is -3.76. The lowest BCUT2D eigenvalue weighted by atomic mass is 10.1. The second kappa shape index (κ2) is 14.9. The molecule has 1 fully saturated rings. The number of pyridine rings is 1. The minimum absolute atomic E-state index is 0.104. The molecule has 1 saturated heterocycles. The molecule has 1 aliphatic rings. The molecule has 42 heavy (non-hydrogen) atoms. The molecule has 1 aliphatic heterocycles. The molecule has 3 amide bonds. The summed E-state index contributed by atoms with van der Waals surface area (Å²) in [5.74, 6) is -0.156. The van der Waals surface area contributed by atoms with Gasteiger partial charge in [-0.25, -0.2) is 9.59 Å². The summed E-state index contributed by atoms with van der Waals surface area (Å²) in [5, 5.41) is 9.42. The van der Waals surface area contributed by atoms with Crippen LogP contribution in [-0.2, 0) is 24.1 Å². The summed E-state index contributed by atoms with van der Waals surface area (Å²) in [4.78, 5) is 47.0. The van der Waals surface area contributed by atoms with E-state index in [4.69, 9.17) is 4.74 Å². The Morgan fingerprint density at radius 1 is 1.02 bits per heavy atom. The van der Waals surface area contributed by atoms with E-state index in [2.05, 4.69) is 32.7 Å². The third-order valence-corrected chi connectivity index (χ3v) is 7.71. The van der Waals surface area contributed by atoms with E-state index < -0.39 is 11.7 Å². The highest BCUT2D eigenvalue weighted by molar-refractivity contribution is 7.08. The average Bonchev–Trinajstić information content (AvgIpc) is 3.63. The number of nitrogens with zero attached hydrogens (tertiary/aromatic N) is 3. The van der Waals surface area contributed by atoms with Gasteiger partial charge in [0.15, 0.2) is 5.78 Å². The minimum Gasteiger partial charge on any atom is -0.444 e. The molecule has 2 N–H and O–H groups in total. The third-order valence-electron chi connectivity index (χ3n) is 6.92. The molecule has 2 aromatic heterocycles. The number of rotatable bonds is 12. The van der Waals surface area contributed by atoms with Crippen molar-refractivity contribution >= 4 is 34.9 Å². The zero-order chi connectivity index (χ0) is 30.0. The third kappa shape index (κ3) is 9.95. The quantitative estimate of drug-likeness (QED) is 0.260. The Balaban J connectivity index is 1.34. The summed E-state index contributed by atoms with van der Waals surface area (Å²) in [6.45, 7) is 9.94. The van der Waals surface area contributed by atoms with Gasteiger partial charge in [0.25, 0.3) is 0 Å². The van der Waals surface area contributed by atoms with Gasteiger partial charge in [-0.3, -0.25) is 15.1 Å². The molecular formula is C32H41N5O4S. The van der Waals surface area contributed by atoms with Gasteiger partial charge in [-0.05, 0) is 81.3 Å². The number of carbonyl (C=O) groups excluding carboxylic acids is 3. The number of amides is 3. The van der Waals surface area contributed by atoms with Crippen LogP contribution in [0, 0.1) is 0 Å². The van der Waals surface area contributed by atoms with Gasteiger partial charge in [0.05, 0.1) is 5.69 Å². The second-order valence-corrected chi connectivity index (χ2v) is 12.3. The predicted octanol–water partition coefficient (Wildman–Crippen LogP) is 5.77. The van der Waals surface area contributed by atoms with Gasteiger partial charge in [-0.2, -0.15) is 0 Å². The summed E-state index contributed by atoms with van der Waals surface area (Å²) in [5.41, 5.74) is 3.03. The Labute approximate surface area is 252 Å². The number of carbonyl (C=O) groups is 3. The van der Waals surface area contributed by atoms with Crippen molar-refractivity contribution in [1.29, 1.82) is 0 Å². The number of hydrogen-bond acceptors (Lipinski definition) is 7. The van der Waals surface area contributed by atoms with Crippen LogP contribution < -0.4 is 10.6 Å². The maximum Gasteiger partial charge on any atom is 0.412 e. The van der Waals surface area contributed by atoms with Gasteiger partial charge < -0.3 is 19.9 Å². The summed E-state index contributed by atoms with van der Waals surface area (Å²) in [7, 11) is 0. The van der Waals surface area contributed by atoms with Crippen molar-refractivity contribution in [3.8, 4) is 0 Å². The van der Waals surface area contributed by atoms with Crippen LogP contribution in [0.1, 0.15) is 60.8 Å². The maximum atomic E-state index is 13.2. The van der Waals surface area contributed by atoms with Crippen LogP contribution in [0.25, 0.3) is 0 Å². The first kappa shape index (κ1) is 31.2. The van der Waals surface area contributed by atoms with Crippen molar-refractivity contribution in [2.24, 2.45) is 0 Å². The highest BCUT2D eigenvalue weighted by Crippen LogP contribution is 2.23. The van der Waals surface area contributed by atoms with Crippen molar-refractivity contribution < 1.29 is 19.1 Å². The number of anilines is 1. The van der Waals surface area contributed by atoms with E-state index in [1.165, 1.54) is 29.7 Å². The van der Waals surface area contributed by atoms with Crippen LogP contribution >= 0.6 is 11.3 Å². The van der Waals surface area contributed by atoms with E-state index in [0.29, 0.717) is 36.6 Å². The maximum absolute atomic E-state index is 13.2. The van der Waals surface area contributed by atoms with Gasteiger partial charge in [-0.1, -0.05) is 36.4 Å². The van der Waals surface area contributed by atoms with Gasteiger partial charge in [-0.15, -0.1) is 11.3 Å². The lowest BCUT2D eigenvalue weighted by Crippen LogP contribution is -2.43. The van der Waals surface area contributed by atoms with Gasteiger partial charge in [0, 0.05) is 44.2 Å². The van der Waals surface area contributed by atoms with E-state index >= 15 is 0 Å². The first-order valence-electron chi connectivity index (χ1n) is 14.5. The molecule has 224 valence electrons.